The Morgan fingerprint density at radius 2 is 1.62 bits per heavy atom. The van der Waals surface area contributed by atoms with Crippen LogP contribution in [0.3, 0.4) is 0 Å². The highest BCUT2D eigenvalue weighted by molar-refractivity contribution is 9.10. The van der Waals surface area contributed by atoms with Crippen molar-refractivity contribution in [3.63, 3.8) is 0 Å². The molecule has 0 spiro atoms. The first-order valence-electron chi connectivity index (χ1n) is 11.0. The van der Waals surface area contributed by atoms with Crippen molar-refractivity contribution in [2.45, 2.75) is 43.6 Å². The number of ether oxygens (including phenoxy) is 1. The first-order chi connectivity index (χ1) is 14.2. The van der Waals surface area contributed by atoms with E-state index in [4.69, 9.17) is 4.74 Å². The number of morpholine rings is 1. The maximum absolute atomic E-state index is 12.6. The van der Waals surface area contributed by atoms with E-state index >= 15 is 0 Å². The van der Waals surface area contributed by atoms with Gasteiger partial charge in [0.25, 0.3) is 0 Å². The van der Waals surface area contributed by atoms with Crippen LogP contribution in [0.1, 0.15) is 49.1 Å². The molecule has 0 bridgehead atoms. The van der Waals surface area contributed by atoms with Gasteiger partial charge in [-0.1, -0.05) is 77.7 Å². The second kappa shape index (κ2) is 9.74. The smallest absolute Gasteiger partial charge is 0.100 e. The van der Waals surface area contributed by atoms with E-state index in [1.165, 1.54) is 24.8 Å². The summed E-state index contributed by atoms with van der Waals surface area (Å²) in [6.07, 6.45) is 5.90. The summed E-state index contributed by atoms with van der Waals surface area (Å²) in [4.78, 5) is 2.47. The van der Waals surface area contributed by atoms with Crippen molar-refractivity contribution in [2.24, 2.45) is 5.92 Å². The predicted molar refractivity (Wildman–Crippen MR) is 121 cm³/mol. The lowest BCUT2D eigenvalue weighted by atomic mass is 9.65. The molecule has 4 rings (SSSR count). The average Bonchev–Trinajstić information content (AvgIpc) is 2.79. The lowest BCUT2D eigenvalue weighted by molar-refractivity contribution is -0.0758. The number of nitrogens with zero attached hydrogens (tertiary/aromatic N) is 1. The number of hydrogen-bond donors (Lipinski definition) is 1. The monoisotopic (exact) mass is 457 g/mol. The molecule has 1 saturated carbocycles. The summed E-state index contributed by atoms with van der Waals surface area (Å²) in [5, 5.41) is 12.6. The third-order valence-corrected chi connectivity index (χ3v) is 7.34. The van der Waals surface area contributed by atoms with Crippen LogP contribution < -0.4 is 0 Å². The fraction of sp³-hybridized carbons (Fsp3) is 0.520. The van der Waals surface area contributed by atoms with Gasteiger partial charge in [-0.25, -0.2) is 0 Å². The van der Waals surface area contributed by atoms with E-state index in [0.29, 0.717) is 0 Å². The van der Waals surface area contributed by atoms with Crippen LogP contribution in [0.15, 0.2) is 59.1 Å². The fourth-order valence-electron chi connectivity index (χ4n) is 5.21. The zero-order chi connectivity index (χ0) is 20.1. The molecule has 156 valence electrons. The van der Waals surface area contributed by atoms with Crippen LogP contribution >= 0.6 is 15.9 Å². The van der Waals surface area contributed by atoms with E-state index < -0.39 is 5.60 Å². The molecular weight excluding hydrogens is 426 g/mol. The lowest BCUT2D eigenvalue weighted by Gasteiger charge is -2.46. The molecular formula is C25H32BrNO2. The third kappa shape index (κ3) is 4.77. The summed E-state index contributed by atoms with van der Waals surface area (Å²) < 4.78 is 6.63. The minimum atomic E-state index is -0.874. The molecule has 2 aromatic rings. The van der Waals surface area contributed by atoms with Crippen molar-refractivity contribution in [2.75, 3.05) is 32.8 Å². The summed E-state index contributed by atoms with van der Waals surface area (Å²) in [6, 6.07) is 19.0. The Kier molecular flexibility index (Phi) is 7.07. The van der Waals surface area contributed by atoms with Crippen molar-refractivity contribution in [3.8, 4) is 0 Å². The van der Waals surface area contributed by atoms with E-state index in [1.54, 1.807) is 0 Å². The number of rotatable bonds is 6. The SMILES string of the molecule is O[C@@](c1ccc(Br)cc1)(C1CCCCC1)[C@@H](CN1CCOCC1)c1ccccc1. The van der Waals surface area contributed by atoms with Gasteiger partial charge in [0, 0.05) is 30.0 Å². The third-order valence-electron chi connectivity index (χ3n) is 6.81. The Hall–Kier alpha value is -1.20. The largest absolute Gasteiger partial charge is 0.384 e. The van der Waals surface area contributed by atoms with Crippen molar-refractivity contribution < 1.29 is 9.84 Å². The van der Waals surface area contributed by atoms with E-state index in [9.17, 15) is 5.11 Å². The topological polar surface area (TPSA) is 32.7 Å². The molecule has 0 aromatic heterocycles. The van der Waals surface area contributed by atoms with Crippen LogP contribution in [0.25, 0.3) is 0 Å². The first-order valence-corrected chi connectivity index (χ1v) is 11.8. The second-order valence-corrected chi connectivity index (χ2v) is 9.46. The molecule has 1 heterocycles. The number of aliphatic hydroxyl groups is 1. The van der Waals surface area contributed by atoms with Crippen LogP contribution in [0.2, 0.25) is 0 Å². The second-order valence-electron chi connectivity index (χ2n) is 8.54. The highest BCUT2D eigenvalue weighted by Gasteiger charge is 2.46. The van der Waals surface area contributed by atoms with E-state index in [0.717, 1.165) is 55.7 Å². The molecule has 29 heavy (non-hydrogen) atoms. The molecule has 1 saturated heterocycles. The van der Waals surface area contributed by atoms with Gasteiger partial charge in [-0.15, -0.1) is 0 Å². The predicted octanol–water partition coefficient (Wildman–Crippen LogP) is 5.33. The minimum Gasteiger partial charge on any atom is -0.384 e. The van der Waals surface area contributed by atoms with Crippen LogP contribution in [0, 0.1) is 5.92 Å². The first kappa shape index (κ1) is 21.0. The van der Waals surface area contributed by atoms with E-state index in [-0.39, 0.29) is 11.8 Å². The summed E-state index contributed by atoms with van der Waals surface area (Å²) >= 11 is 3.57. The average molecular weight is 458 g/mol. The zero-order valence-electron chi connectivity index (χ0n) is 17.1. The molecule has 1 aliphatic carbocycles. The van der Waals surface area contributed by atoms with Gasteiger partial charge in [-0.3, -0.25) is 4.90 Å². The van der Waals surface area contributed by atoms with Gasteiger partial charge >= 0.3 is 0 Å². The number of halogens is 1. The molecule has 0 radical (unpaired) electrons. The highest BCUT2D eigenvalue weighted by Crippen LogP contribution is 2.48. The van der Waals surface area contributed by atoms with Crippen LogP contribution in [-0.4, -0.2) is 42.9 Å². The van der Waals surface area contributed by atoms with Gasteiger partial charge in [0.05, 0.1) is 13.2 Å². The quantitative estimate of drug-likeness (QED) is 0.635. The molecule has 3 nitrogen and oxygen atoms in total. The van der Waals surface area contributed by atoms with Gasteiger partial charge in [0.15, 0.2) is 0 Å². The van der Waals surface area contributed by atoms with Crippen LogP contribution in [0.4, 0.5) is 0 Å². The molecule has 1 aliphatic heterocycles. The van der Waals surface area contributed by atoms with Crippen molar-refractivity contribution in [3.05, 3.63) is 70.2 Å². The molecule has 2 aliphatic rings. The Morgan fingerprint density at radius 1 is 0.966 bits per heavy atom. The Labute approximate surface area is 183 Å². The van der Waals surface area contributed by atoms with Crippen molar-refractivity contribution in [1.82, 2.24) is 4.90 Å². The molecule has 2 atom stereocenters. The van der Waals surface area contributed by atoms with Crippen LogP contribution in [-0.2, 0) is 10.3 Å². The molecule has 1 N–H and O–H groups in total. The molecule has 2 fully saturated rings. The van der Waals surface area contributed by atoms with Crippen molar-refractivity contribution >= 4 is 15.9 Å². The highest BCUT2D eigenvalue weighted by atomic mass is 79.9. The maximum Gasteiger partial charge on any atom is 0.100 e. The van der Waals surface area contributed by atoms with Gasteiger partial charge in [-0.2, -0.15) is 0 Å². The van der Waals surface area contributed by atoms with Gasteiger partial charge in [-0.05, 0) is 42.0 Å². The lowest BCUT2D eigenvalue weighted by Crippen LogP contribution is -2.48. The van der Waals surface area contributed by atoms with Crippen molar-refractivity contribution in [1.29, 1.82) is 0 Å². The standard InChI is InChI=1S/C25H32BrNO2/c26-23-13-11-22(12-14-23)25(28,21-9-5-2-6-10-21)24(20-7-3-1-4-8-20)19-27-15-17-29-18-16-27/h1,3-4,7-8,11-14,21,24,28H,2,5-6,9-10,15-19H2/t24-,25+/m0/s1. The number of hydrogen-bond acceptors (Lipinski definition) is 3. The van der Waals surface area contributed by atoms with Gasteiger partial charge in [0.1, 0.15) is 5.60 Å². The summed E-state index contributed by atoms with van der Waals surface area (Å²) in [5.41, 5.74) is 1.41. The minimum absolute atomic E-state index is 0.0334. The number of benzene rings is 2. The summed E-state index contributed by atoms with van der Waals surface area (Å²) in [7, 11) is 0. The summed E-state index contributed by atoms with van der Waals surface area (Å²) in [5.74, 6) is 0.315. The Bertz CT molecular complexity index is 754. The Balaban J connectivity index is 1.76. The van der Waals surface area contributed by atoms with E-state index in [1.807, 2.05) is 0 Å². The molecule has 0 unspecified atom stereocenters. The Morgan fingerprint density at radius 3 is 2.28 bits per heavy atom. The molecule has 2 aromatic carbocycles. The van der Waals surface area contributed by atoms with E-state index in [2.05, 4.69) is 75.4 Å². The zero-order valence-corrected chi connectivity index (χ0v) is 18.7. The summed E-state index contributed by atoms with van der Waals surface area (Å²) in [6.45, 7) is 4.29. The normalized spacial score (nSPS) is 22.1. The molecule has 0 amide bonds. The van der Waals surface area contributed by atoms with Gasteiger partial charge < -0.3 is 9.84 Å². The molecule has 4 heteroatoms. The maximum atomic E-state index is 12.6. The fourth-order valence-corrected chi connectivity index (χ4v) is 5.47. The van der Waals surface area contributed by atoms with Crippen LogP contribution in [0.5, 0.6) is 0 Å². The van der Waals surface area contributed by atoms with Gasteiger partial charge in [0.2, 0.25) is 0 Å².